The highest BCUT2D eigenvalue weighted by Gasteiger charge is 2.24. The smallest absolute Gasteiger partial charge is 0.227 e. The first-order valence-corrected chi connectivity index (χ1v) is 8.12. The third kappa shape index (κ3) is 3.02. The first-order chi connectivity index (χ1) is 12.2. The lowest BCUT2D eigenvalue weighted by Crippen LogP contribution is -2.49. The van der Waals surface area contributed by atoms with Gasteiger partial charge in [0.2, 0.25) is 5.91 Å². The Hall–Kier alpha value is -3.03. The fourth-order valence-electron chi connectivity index (χ4n) is 3.09. The summed E-state index contributed by atoms with van der Waals surface area (Å²) in [5, 5.41) is 7.70. The van der Waals surface area contributed by atoms with Crippen LogP contribution in [0.5, 0.6) is 0 Å². The quantitative estimate of drug-likeness (QED) is 0.779. The van der Waals surface area contributed by atoms with Gasteiger partial charge >= 0.3 is 0 Å². The van der Waals surface area contributed by atoms with Crippen molar-refractivity contribution < 1.29 is 9.18 Å². The van der Waals surface area contributed by atoms with Crippen molar-refractivity contribution in [3.63, 3.8) is 0 Å². The number of carbonyl (C=O) groups is 1. The van der Waals surface area contributed by atoms with Gasteiger partial charge in [-0.25, -0.2) is 14.4 Å². The van der Waals surface area contributed by atoms with Gasteiger partial charge in [-0.3, -0.25) is 9.89 Å². The zero-order valence-corrected chi connectivity index (χ0v) is 13.5. The molecule has 0 bridgehead atoms. The third-order valence-electron chi connectivity index (χ3n) is 4.46. The number of H-pyrrole nitrogens is 1. The van der Waals surface area contributed by atoms with Gasteiger partial charge in [-0.05, 0) is 11.6 Å². The van der Waals surface area contributed by atoms with Crippen LogP contribution in [0.2, 0.25) is 0 Å². The zero-order chi connectivity index (χ0) is 17.2. The maximum atomic E-state index is 13.7. The molecular weight excluding hydrogens is 323 g/mol. The van der Waals surface area contributed by atoms with Crippen LogP contribution in [-0.4, -0.2) is 57.2 Å². The monoisotopic (exact) mass is 340 g/mol. The molecule has 0 atom stereocenters. The second kappa shape index (κ2) is 6.46. The average molecular weight is 340 g/mol. The van der Waals surface area contributed by atoms with Crippen LogP contribution in [0, 0.1) is 5.82 Å². The van der Waals surface area contributed by atoms with E-state index in [0.717, 1.165) is 11.2 Å². The highest BCUT2D eigenvalue weighted by atomic mass is 19.1. The minimum Gasteiger partial charge on any atom is -0.352 e. The van der Waals surface area contributed by atoms with Crippen molar-refractivity contribution in [3.8, 4) is 0 Å². The van der Waals surface area contributed by atoms with E-state index in [1.165, 1.54) is 12.4 Å². The lowest BCUT2D eigenvalue weighted by atomic mass is 10.1. The highest BCUT2D eigenvalue weighted by molar-refractivity contribution is 5.86. The van der Waals surface area contributed by atoms with E-state index in [2.05, 4.69) is 25.1 Å². The van der Waals surface area contributed by atoms with E-state index < -0.39 is 0 Å². The van der Waals surface area contributed by atoms with E-state index >= 15 is 0 Å². The molecule has 3 aromatic rings. The molecule has 0 saturated carbocycles. The summed E-state index contributed by atoms with van der Waals surface area (Å²) < 4.78 is 13.7. The minimum atomic E-state index is -0.335. The SMILES string of the molecule is O=C(Cc1ccccc1F)N1CCN(c2ncnc3[nH]ncc23)CC1. The molecule has 0 unspecified atom stereocenters. The number of nitrogens with zero attached hydrogens (tertiary/aromatic N) is 5. The molecule has 1 fully saturated rings. The van der Waals surface area contributed by atoms with E-state index in [1.54, 1.807) is 29.3 Å². The van der Waals surface area contributed by atoms with Gasteiger partial charge in [0, 0.05) is 26.2 Å². The van der Waals surface area contributed by atoms with Crippen LogP contribution in [0.4, 0.5) is 10.2 Å². The Kier molecular flexibility index (Phi) is 4.01. The van der Waals surface area contributed by atoms with E-state index in [-0.39, 0.29) is 18.1 Å². The largest absolute Gasteiger partial charge is 0.352 e. The summed E-state index contributed by atoms with van der Waals surface area (Å²) in [7, 11) is 0. The van der Waals surface area contributed by atoms with Gasteiger partial charge in [0.15, 0.2) is 5.65 Å². The van der Waals surface area contributed by atoms with Crippen LogP contribution >= 0.6 is 0 Å². The van der Waals surface area contributed by atoms with Crippen LogP contribution < -0.4 is 4.90 Å². The Morgan fingerprint density at radius 1 is 1.16 bits per heavy atom. The van der Waals surface area contributed by atoms with Gasteiger partial charge in [0.25, 0.3) is 0 Å². The molecule has 1 N–H and O–H groups in total. The number of amides is 1. The molecule has 1 aromatic carbocycles. The summed E-state index contributed by atoms with van der Waals surface area (Å²) in [6, 6.07) is 6.40. The number of piperazine rings is 1. The molecule has 1 aliphatic heterocycles. The van der Waals surface area contributed by atoms with E-state index in [4.69, 9.17) is 0 Å². The van der Waals surface area contributed by atoms with Gasteiger partial charge in [0.05, 0.1) is 18.0 Å². The lowest BCUT2D eigenvalue weighted by Gasteiger charge is -2.35. The molecule has 0 radical (unpaired) electrons. The fraction of sp³-hybridized carbons (Fsp3) is 0.294. The Labute approximate surface area is 143 Å². The van der Waals surface area contributed by atoms with Crippen LogP contribution in [0.3, 0.4) is 0 Å². The normalized spacial score (nSPS) is 14.9. The standard InChI is InChI=1S/C17H17FN6O/c18-14-4-2-1-3-12(14)9-15(25)23-5-7-24(8-6-23)17-13-10-21-22-16(13)19-11-20-17/h1-4,10-11H,5-9H2,(H,19,20,21,22). The third-order valence-corrected chi connectivity index (χ3v) is 4.46. The molecule has 4 rings (SSSR count). The van der Waals surface area contributed by atoms with Crippen LogP contribution in [-0.2, 0) is 11.2 Å². The molecule has 0 spiro atoms. The Morgan fingerprint density at radius 3 is 2.76 bits per heavy atom. The number of hydrogen-bond acceptors (Lipinski definition) is 5. The molecule has 1 saturated heterocycles. The van der Waals surface area contributed by atoms with Gasteiger partial charge in [-0.15, -0.1) is 0 Å². The highest BCUT2D eigenvalue weighted by Crippen LogP contribution is 2.22. The molecule has 1 aliphatic rings. The first kappa shape index (κ1) is 15.5. The number of nitrogens with one attached hydrogen (secondary N) is 1. The summed E-state index contributed by atoms with van der Waals surface area (Å²) in [6.45, 7) is 2.49. The summed E-state index contributed by atoms with van der Waals surface area (Å²) in [5.74, 6) is 0.429. The number of benzene rings is 1. The van der Waals surface area contributed by atoms with Crippen molar-refractivity contribution in [2.75, 3.05) is 31.1 Å². The maximum Gasteiger partial charge on any atom is 0.227 e. The van der Waals surface area contributed by atoms with E-state index in [1.807, 2.05) is 0 Å². The molecule has 2 aromatic heterocycles. The van der Waals surface area contributed by atoms with Crippen molar-refractivity contribution in [3.05, 3.63) is 48.2 Å². The predicted molar refractivity (Wildman–Crippen MR) is 90.6 cm³/mol. The molecule has 0 aliphatic carbocycles. The number of anilines is 1. The minimum absolute atomic E-state index is 0.0547. The number of fused-ring (bicyclic) bond motifs is 1. The molecule has 3 heterocycles. The Bertz CT molecular complexity index is 903. The predicted octanol–water partition coefficient (Wildman–Crippen LogP) is 1.38. The summed E-state index contributed by atoms with van der Waals surface area (Å²) in [6.07, 6.45) is 3.30. The lowest BCUT2D eigenvalue weighted by molar-refractivity contribution is -0.130. The van der Waals surface area contributed by atoms with Gasteiger partial charge in [0.1, 0.15) is 18.0 Å². The van der Waals surface area contributed by atoms with Gasteiger partial charge in [-0.1, -0.05) is 18.2 Å². The number of halogens is 1. The van der Waals surface area contributed by atoms with Crippen molar-refractivity contribution in [1.82, 2.24) is 25.1 Å². The summed E-state index contributed by atoms with van der Waals surface area (Å²) >= 11 is 0. The van der Waals surface area contributed by atoms with Crippen LogP contribution in [0.15, 0.2) is 36.8 Å². The second-order valence-electron chi connectivity index (χ2n) is 5.97. The van der Waals surface area contributed by atoms with Gasteiger partial charge in [-0.2, -0.15) is 5.10 Å². The molecule has 8 heteroatoms. The topological polar surface area (TPSA) is 78.0 Å². The van der Waals surface area contributed by atoms with Crippen LogP contribution in [0.1, 0.15) is 5.56 Å². The van der Waals surface area contributed by atoms with Crippen molar-refractivity contribution in [1.29, 1.82) is 0 Å². The molecular formula is C17H17FN6O. The number of rotatable bonds is 3. The van der Waals surface area contributed by atoms with E-state index in [9.17, 15) is 9.18 Å². The maximum absolute atomic E-state index is 13.7. The van der Waals surface area contributed by atoms with Crippen molar-refractivity contribution >= 4 is 22.8 Å². The Morgan fingerprint density at radius 2 is 1.96 bits per heavy atom. The van der Waals surface area contributed by atoms with Crippen molar-refractivity contribution in [2.24, 2.45) is 0 Å². The Balaban J connectivity index is 1.42. The zero-order valence-electron chi connectivity index (χ0n) is 13.5. The number of aromatic nitrogens is 4. The average Bonchev–Trinajstić information content (AvgIpc) is 3.12. The molecule has 25 heavy (non-hydrogen) atoms. The summed E-state index contributed by atoms with van der Waals surface area (Å²) in [5.41, 5.74) is 1.13. The molecule has 1 amide bonds. The number of aromatic amines is 1. The first-order valence-electron chi connectivity index (χ1n) is 8.12. The second-order valence-corrected chi connectivity index (χ2v) is 5.97. The molecule has 7 nitrogen and oxygen atoms in total. The molecule has 128 valence electrons. The van der Waals surface area contributed by atoms with Crippen LogP contribution in [0.25, 0.3) is 11.0 Å². The fourth-order valence-corrected chi connectivity index (χ4v) is 3.09. The van der Waals surface area contributed by atoms with Crippen molar-refractivity contribution in [2.45, 2.75) is 6.42 Å². The number of carbonyl (C=O) groups excluding carboxylic acids is 1. The van der Waals surface area contributed by atoms with Gasteiger partial charge < -0.3 is 9.80 Å². The van der Waals surface area contributed by atoms with E-state index in [0.29, 0.717) is 37.4 Å². The summed E-state index contributed by atoms with van der Waals surface area (Å²) in [4.78, 5) is 24.8. The number of hydrogen-bond donors (Lipinski definition) is 1.